The fourth-order valence-corrected chi connectivity index (χ4v) is 5.59. The zero-order chi connectivity index (χ0) is 23.8. The van der Waals surface area contributed by atoms with Crippen molar-refractivity contribution in [2.24, 2.45) is 0 Å². The number of rotatable bonds is 3. The lowest BCUT2D eigenvalue weighted by Gasteiger charge is -2.21. The number of ketones is 2. The van der Waals surface area contributed by atoms with E-state index in [1.54, 1.807) is 12.2 Å². The van der Waals surface area contributed by atoms with E-state index in [9.17, 15) is 9.59 Å². The number of aromatic nitrogens is 2. The molecule has 0 saturated carbocycles. The Hall–Kier alpha value is -4.83. The van der Waals surface area contributed by atoms with Crippen molar-refractivity contribution >= 4 is 38.8 Å². The molecule has 0 fully saturated rings. The molecule has 2 aliphatic carbocycles. The molecular weight excluding hydrogens is 432 g/mol. The molecule has 0 amide bonds. The maximum Gasteiger partial charge on any atom is 0.194 e. The molecule has 1 heterocycles. The van der Waals surface area contributed by atoms with E-state index >= 15 is 0 Å². The Balaban J connectivity index is 1.60. The van der Waals surface area contributed by atoms with Gasteiger partial charge in [0, 0.05) is 44.0 Å². The zero-order valence-electron chi connectivity index (χ0n) is 18.7. The molecule has 2 aliphatic rings. The summed E-state index contributed by atoms with van der Waals surface area (Å²) >= 11 is 0. The first kappa shape index (κ1) is 19.6. The summed E-state index contributed by atoms with van der Waals surface area (Å²) in [5.41, 5.74) is 7.57. The predicted octanol–water partition coefficient (Wildman–Crippen LogP) is 6.71. The molecule has 0 aliphatic heterocycles. The molecule has 4 heteroatoms. The molecule has 4 aromatic carbocycles. The first-order valence-electron chi connectivity index (χ1n) is 11.4. The molecule has 35 heavy (non-hydrogen) atoms. The van der Waals surface area contributed by atoms with Crippen LogP contribution < -0.4 is 0 Å². The molecule has 0 spiro atoms. The summed E-state index contributed by atoms with van der Waals surface area (Å²) in [7, 11) is 0. The minimum Gasteiger partial charge on any atom is -0.289 e. The molecule has 7 rings (SSSR count). The van der Waals surface area contributed by atoms with Crippen LogP contribution in [0.4, 0.5) is 0 Å². The number of carbonyl (C=O) groups excluding carboxylic acids is 2. The molecule has 0 atom stereocenters. The van der Waals surface area contributed by atoms with E-state index in [0.717, 1.165) is 44.1 Å². The Morgan fingerprint density at radius 1 is 0.629 bits per heavy atom. The first-order valence-corrected chi connectivity index (χ1v) is 11.4. The van der Waals surface area contributed by atoms with E-state index in [0.29, 0.717) is 28.0 Å². The summed E-state index contributed by atoms with van der Waals surface area (Å²) in [6, 6.07) is 23.4. The Labute approximate surface area is 201 Å². The van der Waals surface area contributed by atoms with Crippen LogP contribution in [0.15, 0.2) is 104 Å². The number of carbonyl (C=O) groups is 2. The minimum atomic E-state index is -0.0772. The summed E-state index contributed by atoms with van der Waals surface area (Å²) in [6.07, 6.45) is 3.25. The van der Waals surface area contributed by atoms with E-state index in [4.69, 9.17) is 5.10 Å². The van der Waals surface area contributed by atoms with E-state index in [2.05, 4.69) is 19.2 Å². The highest BCUT2D eigenvalue weighted by molar-refractivity contribution is 6.28. The lowest BCUT2D eigenvalue weighted by Crippen LogP contribution is -2.10. The van der Waals surface area contributed by atoms with Gasteiger partial charge in [0.2, 0.25) is 0 Å². The molecule has 0 unspecified atom stereocenters. The minimum absolute atomic E-state index is 0.0279. The van der Waals surface area contributed by atoms with Gasteiger partial charge in [-0.3, -0.25) is 9.59 Å². The van der Waals surface area contributed by atoms with Crippen LogP contribution in [0.1, 0.15) is 32.0 Å². The molecule has 164 valence electrons. The van der Waals surface area contributed by atoms with Crippen LogP contribution in [0.2, 0.25) is 0 Å². The Kier molecular flexibility index (Phi) is 3.84. The third-order valence-corrected chi connectivity index (χ3v) is 7.10. The molecule has 0 N–H and O–H groups in total. The van der Waals surface area contributed by atoms with Crippen molar-refractivity contribution in [3.8, 4) is 16.8 Å². The van der Waals surface area contributed by atoms with E-state index < -0.39 is 0 Å². The summed E-state index contributed by atoms with van der Waals surface area (Å²) < 4.78 is 1.88. The highest BCUT2D eigenvalue weighted by Gasteiger charge is 2.30. The zero-order valence-corrected chi connectivity index (χ0v) is 18.7. The fourth-order valence-electron chi connectivity index (χ4n) is 5.59. The van der Waals surface area contributed by atoms with Gasteiger partial charge in [-0.25, -0.2) is 4.68 Å². The second-order valence-electron chi connectivity index (χ2n) is 8.76. The van der Waals surface area contributed by atoms with Gasteiger partial charge in [-0.05, 0) is 23.3 Å². The van der Waals surface area contributed by atoms with E-state index in [1.165, 1.54) is 0 Å². The highest BCUT2D eigenvalue weighted by Crippen LogP contribution is 2.43. The number of hydrogen-bond acceptors (Lipinski definition) is 3. The topological polar surface area (TPSA) is 52.0 Å². The van der Waals surface area contributed by atoms with Gasteiger partial charge < -0.3 is 0 Å². The average molecular weight is 450 g/mol. The number of benzene rings is 4. The van der Waals surface area contributed by atoms with E-state index in [1.807, 2.05) is 71.4 Å². The predicted molar refractivity (Wildman–Crippen MR) is 139 cm³/mol. The number of nitrogens with zero attached hydrogens (tertiary/aromatic N) is 2. The van der Waals surface area contributed by atoms with Crippen LogP contribution in [0.3, 0.4) is 0 Å². The van der Waals surface area contributed by atoms with Crippen molar-refractivity contribution in [1.29, 1.82) is 0 Å². The van der Waals surface area contributed by atoms with Crippen molar-refractivity contribution in [2.45, 2.75) is 0 Å². The van der Waals surface area contributed by atoms with Crippen molar-refractivity contribution in [1.82, 2.24) is 9.78 Å². The average Bonchev–Trinajstić information content (AvgIpc) is 3.28. The maximum absolute atomic E-state index is 13.4. The fraction of sp³-hybridized carbons (Fsp3) is 0. The van der Waals surface area contributed by atoms with Gasteiger partial charge in [-0.15, -0.1) is 0 Å². The maximum atomic E-state index is 13.4. The lowest BCUT2D eigenvalue weighted by atomic mass is 9.82. The first-order chi connectivity index (χ1) is 17.1. The van der Waals surface area contributed by atoms with Gasteiger partial charge in [0.15, 0.2) is 11.6 Å². The summed E-state index contributed by atoms with van der Waals surface area (Å²) in [5, 5.41) is 7.66. The third-order valence-electron chi connectivity index (χ3n) is 7.10. The second kappa shape index (κ2) is 6.84. The normalized spacial score (nSPS) is 13.9. The van der Waals surface area contributed by atoms with Crippen LogP contribution in [-0.2, 0) is 0 Å². The Bertz CT molecular complexity index is 1870. The Morgan fingerprint density at radius 2 is 1.31 bits per heavy atom. The number of fused-ring (bicyclic) bond motifs is 2. The van der Waals surface area contributed by atoms with E-state index in [-0.39, 0.29) is 11.6 Å². The van der Waals surface area contributed by atoms with Crippen LogP contribution >= 0.6 is 0 Å². The standard InChI is InChI=1S/C31H18N2O2/c1-3-17-18(4-2)30(34)24-13-8-14-26-28(24)29(17)32-33(26)25-16-15-20-19-9-5-6-10-21(19)31(35)23-12-7-11-22(25)27(20)23/h3-16H,1-2H2. The largest absolute Gasteiger partial charge is 0.289 e. The smallest absolute Gasteiger partial charge is 0.194 e. The van der Waals surface area contributed by atoms with Gasteiger partial charge in [-0.2, -0.15) is 5.10 Å². The molecular formula is C31H18N2O2. The molecule has 5 aromatic rings. The molecule has 0 bridgehead atoms. The van der Waals surface area contributed by atoms with Crippen molar-refractivity contribution in [3.63, 3.8) is 0 Å². The number of allylic oxidation sites excluding steroid dienone is 4. The number of hydrogen-bond donors (Lipinski definition) is 0. The molecule has 0 saturated heterocycles. The van der Waals surface area contributed by atoms with Gasteiger partial charge in [0.1, 0.15) is 5.69 Å². The summed E-state index contributed by atoms with van der Waals surface area (Å²) in [4.78, 5) is 26.6. The number of Topliss-reactive ketones (excluding diaryl/α,β-unsaturated/α-hetero) is 1. The van der Waals surface area contributed by atoms with Crippen LogP contribution in [0, 0.1) is 0 Å². The molecule has 0 radical (unpaired) electrons. The van der Waals surface area contributed by atoms with Gasteiger partial charge >= 0.3 is 0 Å². The van der Waals surface area contributed by atoms with Crippen molar-refractivity contribution in [3.05, 3.63) is 126 Å². The van der Waals surface area contributed by atoms with Gasteiger partial charge in [0.05, 0.1) is 11.2 Å². The summed E-state index contributed by atoms with van der Waals surface area (Å²) in [6.45, 7) is 7.78. The van der Waals surface area contributed by atoms with Crippen molar-refractivity contribution in [2.75, 3.05) is 0 Å². The summed E-state index contributed by atoms with van der Waals surface area (Å²) in [5.74, 6) is -0.0492. The van der Waals surface area contributed by atoms with Gasteiger partial charge in [0.25, 0.3) is 0 Å². The van der Waals surface area contributed by atoms with Crippen LogP contribution in [-0.4, -0.2) is 21.3 Å². The van der Waals surface area contributed by atoms with Crippen molar-refractivity contribution < 1.29 is 9.59 Å². The monoisotopic (exact) mass is 450 g/mol. The van der Waals surface area contributed by atoms with Gasteiger partial charge in [-0.1, -0.05) is 86.0 Å². The van der Waals surface area contributed by atoms with Crippen LogP contribution in [0.5, 0.6) is 0 Å². The molecule has 4 nitrogen and oxygen atoms in total. The SMILES string of the molecule is C=CC1=C(C=C)c2nn(-c3ccc4c5c(cccc35)C(=O)c3ccccc3-4)c3cccc(c23)C1=O. The molecule has 1 aromatic heterocycles. The lowest BCUT2D eigenvalue weighted by molar-refractivity contribution is 0.103. The van der Waals surface area contributed by atoms with Crippen LogP contribution in [0.25, 0.3) is 44.1 Å². The highest BCUT2D eigenvalue weighted by atomic mass is 16.1. The second-order valence-corrected chi connectivity index (χ2v) is 8.76. The Morgan fingerprint density at radius 3 is 2.09 bits per heavy atom. The quantitative estimate of drug-likeness (QED) is 0.301. The third kappa shape index (κ3) is 2.38.